The number of halogens is 1. The Hall–Kier alpha value is -3.82. The molecule has 1 aromatic heterocycles. The fraction of sp³-hybridized carbons (Fsp3) is 0.0870. The van der Waals surface area contributed by atoms with E-state index in [1.54, 1.807) is 36.4 Å². The second-order valence-corrected chi connectivity index (χ2v) is 8.20. The molecule has 10 heteroatoms. The minimum absolute atomic E-state index is 0.00916. The summed E-state index contributed by atoms with van der Waals surface area (Å²) in [6.45, 7) is 3.71. The summed E-state index contributed by atoms with van der Waals surface area (Å²) < 4.78 is 1.89. The smallest absolute Gasteiger partial charge is 0.270 e. The standard InChI is InChI=1S/C23H17ClN4O4S/c1-13-10-15(14(2)26(13)17-6-8-18(9-7-17)28(31)32)11-20-21(29)25-23(33)27(22(20)30)19-5-3-4-16(24)12-19/h3-12H,1-2H3,(H,25,29,33). The largest absolute Gasteiger partial charge is 0.318 e. The third-order valence-electron chi connectivity index (χ3n) is 5.26. The highest BCUT2D eigenvalue weighted by molar-refractivity contribution is 7.80. The number of nitro groups is 1. The Morgan fingerprint density at radius 1 is 1.06 bits per heavy atom. The number of benzene rings is 2. The lowest BCUT2D eigenvalue weighted by atomic mass is 10.1. The van der Waals surface area contributed by atoms with Gasteiger partial charge in [0.1, 0.15) is 5.57 Å². The molecule has 166 valence electrons. The van der Waals surface area contributed by atoms with Gasteiger partial charge in [-0.3, -0.25) is 29.9 Å². The van der Waals surface area contributed by atoms with Crippen LogP contribution in [0.15, 0.2) is 60.2 Å². The van der Waals surface area contributed by atoms with Crippen LogP contribution in [0.1, 0.15) is 17.0 Å². The predicted octanol–water partition coefficient (Wildman–Crippen LogP) is 4.49. The van der Waals surface area contributed by atoms with Crippen LogP contribution >= 0.6 is 23.8 Å². The molecule has 4 rings (SSSR count). The SMILES string of the molecule is Cc1cc(C=C2C(=O)NC(=S)N(c3cccc(Cl)c3)C2=O)c(C)n1-c1ccc([N+](=O)[O-])cc1. The number of nitro benzene ring substituents is 1. The number of rotatable bonds is 4. The van der Waals surface area contributed by atoms with Gasteiger partial charge < -0.3 is 4.57 Å². The van der Waals surface area contributed by atoms with Crippen LogP contribution in [-0.4, -0.2) is 26.4 Å². The van der Waals surface area contributed by atoms with E-state index < -0.39 is 16.7 Å². The van der Waals surface area contributed by atoms with E-state index in [9.17, 15) is 19.7 Å². The Bertz CT molecular complexity index is 1360. The number of carbonyl (C=O) groups is 2. The molecule has 1 aliphatic heterocycles. The quantitative estimate of drug-likeness (QED) is 0.195. The molecule has 0 spiro atoms. The van der Waals surface area contributed by atoms with Gasteiger partial charge in [-0.25, -0.2) is 0 Å². The maximum absolute atomic E-state index is 13.2. The van der Waals surface area contributed by atoms with Crippen LogP contribution in [0.5, 0.6) is 0 Å². The second-order valence-electron chi connectivity index (χ2n) is 7.37. The zero-order chi connectivity index (χ0) is 23.9. The first kappa shape index (κ1) is 22.4. The van der Waals surface area contributed by atoms with Gasteiger partial charge in [0.15, 0.2) is 5.11 Å². The van der Waals surface area contributed by atoms with E-state index in [1.165, 1.54) is 23.1 Å². The van der Waals surface area contributed by atoms with Crippen molar-refractivity contribution >= 4 is 58.2 Å². The Balaban J connectivity index is 1.74. The number of aryl methyl sites for hydroxylation is 1. The van der Waals surface area contributed by atoms with E-state index in [4.69, 9.17) is 23.8 Å². The van der Waals surface area contributed by atoms with Crippen LogP contribution in [-0.2, 0) is 9.59 Å². The Morgan fingerprint density at radius 2 is 1.76 bits per heavy atom. The maximum atomic E-state index is 13.2. The predicted molar refractivity (Wildman–Crippen MR) is 130 cm³/mol. The fourth-order valence-corrected chi connectivity index (χ4v) is 4.18. The van der Waals surface area contributed by atoms with Crippen LogP contribution in [0.2, 0.25) is 5.02 Å². The summed E-state index contributed by atoms with van der Waals surface area (Å²) in [5.74, 6) is -1.16. The van der Waals surface area contributed by atoms with E-state index in [1.807, 2.05) is 24.5 Å². The van der Waals surface area contributed by atoms with Crippen molar-refractivity contribution in [2.24, 2.45) is 0 Å². The first-order valence-corrected chi connectivity index (χ1v) is 10.6. The summed E-state index contributed by atoms with van der Waals surface area (Å²) in [7, 11) is 0. The fourth-order valence-electron chi connectivity index (χ4n) is 3.72. The summed E-state index contributed by atoms with van der Waals surface area (Å²) in [4.78, 5) is 37.6. The van der Waals surface area contributed by atoms with Crippen molar-refractivity contribution in [1.82, 2.24) is 9.88 Å². The zero-order valence-corrected chi connectivity index (χ0v) is 19.1. The van der Waals surface area contributed by atoms with Crippen LogP contribution in [0.25, 0.3) is 11.8 Å². The van der Waals surface area contributed by atoms with Crippen LogP contribution in [0.3, 0.4) is 0 Å². The van der Waals surface area contributed by atoms with Crippen LogP contribution < -0.4 is 10.2 Å². The number of nitrogens with one attached hydrogen (secondary N) is 1. The van der Waals surface area contributed by atoms with Crippen LogP contribution in [0, 0.1) is 24.0 Å². The van der Waals surface area contributed by atoms with Gasteiger partial charge in [-0.05, 0) is 74.1 Å². The number of non-ortho nitro benzene ring substituents is 1. The first-order chi connectivity index (χ1) is 15.7. The van der Waals surface area contributed by atoms with E-state index >= 15 is 0 Å². The highest BCUT2D eigenvalue weighted by Gasteiger charge is 2.34. The van der Waals surface area contributed by atoms with Gasteiger partial charge in [0.05, 0.1) is 10.6 Å². The molecule has 0 radical (unpaired) electrons. The lowest BCUT2D eigenvalue weighted by Crippen LogP contribution is -2.54. The van der Waals surface area contributed by atoms with Crippen molar-refractivity contribution in [3.63, 3.8) is 0 Å². The minimum Gasteiger partial charge on any atom is -0.318 e. The summed E-state index contributed by atoms with van der Waals surface area (Å²) in [6.07, 6.45) is 1.52. The third kappa shape index (κ3) is 4.15. The molecule has 1 fully saturated rings. The number of aromatic nitrogens is 1. The van der Waals surface area contributed by atoms with Gasteiger partial charge in [0.2, 0.25) is 0 Å². The third-order valence-corrected chi connectivity index (χ3v) is 5.78. The second kappa shape index (κ2) is 8.61. The van der Waals surface area contributed by atoms with Gasteiger partial charge >= 0.3 is 0 Å². The Kier molecular flexibility index (Phi) is 5.84. The molecule has 0 aliphatic carbocycles. The average molecular weight is 481 g/mol. The number of nitrogens with zero attached hydrogens (tertiary/aromatic N) is 3. The lowest BCUT2D eigenvalue weighted by Gasteiger charge is -2.29. The van der Waals surface area contributed by atoms with E-state index in [0.717, 1.165) is 17.1 Å². The monoisotopic (exact) mass is 480 g/mol. The molecule has 0 atom stereocenters. The van der Waals surface area contributed by atoms with Gasteiger partial charge in [-0.15, -0.1) is 0 Å². The molecule has 2 aromatic carbocycles. The molecule has 2 amide bonds. The number of carbonyl (C=O) groups excluding carboxylic acids is 2. The Labute approximate surface area is 199 Å². The summed E-state index contributed by atoms with van der Waals surface area (Å²) in [5, 5.41) is 13.9. The summed E-state index contributed by atoms with van der Waals surface area (Å²) in [6, 6.07) is 14.6. The summed E-state index contributed by atoms with van der Waals surface area (Å²) >= 11 is 11.3. The minimum atomic E-state index is -0.594. The average Bonchev–Trinajstić information content (AvgIpc) is 3.04. The molecule has 1 N–H and O–H groups in total. The van der Waals surface area contributed by atoms with Crippen molar-refractivity contribution < 1.29 is 14.5 Å². The van der Waals surface area contributed by atoms with E-state index in [-0.39, 0.29) is 16.4 Å². The van der Waals surface area contributed by atoms with Crippen molar-refractivity contribution in [3.8, 4) is 5.69 Å². The number of thiocarbonyl (C=S) groups is 1. The molecule has 8 nitrogen and oxygen atoms in total. The van der Waals surface area contributed by atoms with Gasteiger partial charge in [-0.1, -0.05) is 17.7 Å². The van der Waals surface area contributed by atoms with E-state index in [0.29, 0.717) is 16.3 Å². The highest BCUT2D eigenvalue weighted by Crippen LogP contribution is 2.27. The Morgan fingerprint density at radius 3 is 2.39 bits per heavy atom. The summed E-state index contributed by atoms with van der Waals surface area (Å²) in [5.41, 5.74) is 3.33. The molecule has 0 bridgehead atoms. The van der Waals surface area contributed by atoms with Crippen molar-refractivity contribution in [3.05, 3.63) is 92.3 Å². The van der Waals surface area contributed by atoms with Crippen LogP contribution in [0.4, 0.5) is 11.4 Å². The molecule has 1 aliphatic rings. The maximum Gasteiger partial charge on any atom is 0.270 e. The van der Waals surface area contributed by atoms with Gasteiger partial charge in [0.25, 0.3) is 17.5 Å². The van der Waals surface area contributed by atoms with Crippen molar-refractivity contribution in [2.75, 3.05) is 4.90 Å². The molecule has 3 aromatic rings. The van der Waals surface area contributed by atoms with Crippen molar-refractivity contribution in [2.45, 2.75) is 13.8 Å². The van der Waals surface area contributed by atoms with Gasteiger partial charge in [0, 0.05) is 34.2 Å². The molecular formula is C23H17ClN4O4S. The molecule has 1 saturated heterocycles. The number of amides is 2. The molecule has 2 heterocycles. The topological polar surface area (TPSA) is 97.5 Å². The molecular weight excluding hydrogens is 464 g/mol. The molecule has 0 unspecified atom stereocenters. The number of hydrogen-bond acceptors (Lipinski definition) is 5. The zero-order valence-electron chi connectivity index (χ0n) is 17.5. The molecule has 0 saturated carbocycles. The first-order valence-electron chi connectivity index (χ1n) is 9.78. The van der Waals surface area contributed by atoms with Crippen molar-refractivity contribution in [1.29, 1.82) is 0 Å². The highest BCUT2D eigenvalue weighted by atomic mass is 35.5. The van der Waals surface area contributed by atoms with E-state index in [2.05, 4.69) is 5.32 Å². The van der Waals surface area contributed by atoms with Gasteiger partial charge in [-0.2, -0.15) is 0 Å². The number of hydrogen-bond donors (Lipinski definition) is 1. The lowest BCUT2D eigenvalue weighted by molar-refractivity contribution is -0.384. The number of anilines is 1. The normalized spacial score (nSPS) is 15.2. The molecule has 33 heavy (non-hydrogen) atoms.